The Labute approximate surface area is 96.4 Å². The molecular formula is C12H9FN2O2. The fourth-order valence-corrected chi connectivity index (χ4v) is 1.38. The van der Waals surface area contributed by atoms with Crippen molar-refractivity contribution in [2.45, 2.75) is 6.54 Å². The van der Waals surface area contributed by atoms with Gasteiger partial charge in [0.15, 0.2) is 5.78 Å². The highest BCUT2D eigenvalue weighted by Gasteiger charge is 2.07. The summed E-state index contributed by atoms with van der Waals surface area (Å²) in [6, 6.07) is 6.47. The van der Waals surface area contributed by atoms with Crippen molar-refractivity contribution in [1.82, 2.24) is 9.55 Å². The molecule has 0 aliphatic heterocycles. The second-order valence-corrected chi connectivity index (χ2v) is 3.48. The van der Waals surface area contributed by atoms with Gasteiger partial charge in [-0.25, -0.2) is 9.37 Å². The zero-order chi connectivity index (χ0) is 12.3. The van der Waals surface area contributed by atoms with Crippen LogP contribution in [0.5, 0.6) is 0 Å². The first-order chi connectivity index (χ1) is 8.16. The predicted molar refractivity (Wildman–Crippen MR) is 59.2 cm³/mol. The number of ketones is 1. The SMILES string of the molecule is O=C(Cn1cnccc1=O)c1ccc(F)cc1. The lowest BCUT2D eigenvalue weighted by Gasteiger charge is -2.03. The highest BCUT2D eigenvalue weighted by molar-refractivity contribution is 5.95. The number of rotatable bonds is 3. The van der Waals surface area contributed by atoms with Gasteiger partial charge in [-0.3, -0.25) is 14.2 Å². The van der Waals surface area contributed by atoms with E-state index in [0.29, 0.717) is 5.56 Å². The second kappa shape index (κ2) is 4.69. The smallest absolute Gasteiger partial charge is 0.253 e. The lowest BCUT2D eigenvalue weighted by Crippen LogP contribution is -2.23. The van der Waals surface area contributed by atoms with Crippen molar-refractivity contribution in [1.29, 1.82) is 0 Å². The Morgan fingerprint density at radius 2 is 1.94 bits per heavy atom. The van der Waals surface area contributed by atoms with E-state index >= 15 is 0 Å². The molecule has 0 bridgehead atoms. The molecule has 0 spiro atoms. The van der Waals surface area contributed by atoms with Crippen molar-refractivity contribution in [3.63, 3.8) is 0 Å². The fourth-order valence-electron chi connectivity index (χ4n) is 1.38. The molecule has 2 aromatic rings. The zero-order valence-electron chi connectivity index (χ0n) is 8.84. The van der Waals surface area contributed by atoms with Crippen molar-refractivity contribution < 1.29 is 9.18 Å². The molecule has 0 saturated carbocycles. The van der Waals surface area contributed by atoms with E-state index in [1.807, 2.05) is 0 Å². The average Bonchev–Trinajstić information content (AvgIpc) is 2.33. The highest BCUT2D eigenvalue weighted by Crippen LogP contribution is 2.04. The molecule has 5 heteroatoms. The molecule has 2 rings (SSSR count). The maximum absolute atomic E-state index is 12.7. The fraction of sp³-hybridized carbons (Fsp3) is 0.0833. The molecule has 0 radical (unpaired) electrons. The number of nitrogens with zero attached hydrogens (tertiary/aromatic N) is 2. The number of hydrogen-bond acceptors (Lipinski definition) is 3. The quantitative estimate of drug-likeness (QED) is 0.749. The second-order valence-electron chi connectivity index (χ2n) is 3.48. The van der Waals surface area contributed by atoms with Gasteiger partial charge in [-0.2, -0.15) is 0 Å². The van der Waals surface area contributed by atoms with Gasteiger partial charge in [0.05, 0.1) is 12.9 Å². The van der Waals surface area contributed by atoms with E-state index in [2.05, 4.69) is 4.98 Å². The monoisotopic (exact) mass is 232 g/mol. The van der Waals surface area contributed by atoms with Gasteiger partial charge in [0.25, 0.3) is 5.56 Å². The highest BCUT2D eigenvalue weighted by atomic mass is 19.1. The van der Waals surface area contributed by atoms with Crippen LogP contribution in [0.3, 0.4) is 0 Å². The van der Waals surface area contributed by atoms with E-state index in [1.54, 1.807) is 0 Å². The predicted octanol–water partition coefficient (Wildman–Crippen LogP) is 1.27. The third kappa shape index (κ3) is 2.63. The first-order valence-corrected chi connectivity index (χ1v) is 4.96. The Balaban J connectivity index is 2.20. The molecular weight excluding hydrogens is 223 g/mol. The average molecular weight is 232 g/mol. The number of Topliss-reactive ketones (excluding diaryl/α,β-unsaturated/α-hetero) is 1. The van der Waals surface area contributed by atoms with E-state index in [0.717, 1.165) is 0 Å². The van der Waals surface area contributed by atoms with Gasteiger partial charge in [-0.05, 0) is 24.3 Å². The normalized spacial score (nSPS) is 10.2. The van der Waals surface area contributed by atoms with Crippen molar-refractivity contribution >= 4 is 5.78 Å². The van der Waals surface area contributed by atoms with Crippen LogP contribution < -0.4 is 5.56 Å². The summed E-state index contributed by atoms with van der Waals surface area (Å²) in [6.45, 7) is -0.0989. The molecule has 17 heavy (non-hydrogen) atoms. The topological polar surface area (TPSA) is 52.0 Å². The molecule has 1 heterocycles. The molecule has 0 unspecified atom stereocenters. The van der Waals surface area contributed by atoms with Gasteiger partial charge in [0.1, 0.15) is 5.82 Å². The Kier molecular flexibility index (Phi) is 3.09. The summed E-state index contributed by atoms with van der Waals surface area (Å²) >= 11 is 0. The van der Waals surface area contributed by atoms with Crippen LogP contribution in [0.15, 0.2) is 47.7 Å². The van der Waals surface area contributed by atoms with Crippen LogP contribution >= 0.6 is 0 Å². The molecule has 0 fully saturated rings. The number of aromatic nitrogens is 2. The lowest BCUT2D eigenvalue weighted by atomic mass is 10.1. The van der Waals surface area contributed by atoms with Gasteiger partial charge in [0.2, 0.25) is 0 Å². The molecule has 0 atom stereocenters. The Morgan fingerprint density at radius 1 is 1.24 bits per heavy atom. The summed E-state index contributed by atoms with van der Waals surface area (Å²) in [5.41, 5.74) is 0.0672. The minimum Gasteiger partial charge on any atom is -0.292 e. The molecule has 0 N–H and O–H groups in total. The van der Waals surface area contributed by atoms with Gasteiger partial charge >= 0.3 is 0 Å². The largest absolute Gasteiger partial charge is 0.292 e. The van der Waals surface area contributed by atoms with E-state index in [9.17, 15) is 14.0 Å². The number of hydrogen-bond donors (Lipinski definition) is 0. The minimum absolute atomic E-state index is 0.0989. The summed E-state index contributed by atoms with van der Waals surface area (Å²) < 4.78 is 13.9. The van der Waals surface area contributed by atoms with Crippen LogP contribution in [0, 0.1) is 5.82 Å². The van der Waals surface area contributed by atoms with Crippen molar-refractivity contribution in [3.8, 4) is 0 Å². The molecule has 0 saturated heterocycles. The molecule has 1 aromatic carbocycles. The molecule has 4 nitrogen and oxygen atoms in total. The number of benzene rings is 1. The molecule has 0 aliphatic carbocycles. The summed E-state index contributed by atoms with van der Waals surface area (Å²) in [6.07, 6.45) is 2.66. The van der Waals surface area contributed by atoms with Crippen LogP contribution in [0.1, 0.15) is 10.4 Å². The van der Waals surface area contributed by atoms with E-state index in [-0.39, 0.29) is 17.9 Å². The first-order valence-electron chi connectivity index (χ1n) is 4.96. The van der Waals surface area contributed by atoms with E-state index in [1.165, 1.54) is 47.4 Å². The summed E-state index contributed by atoms with van der Waals surface area (Å²) in [5, 5.41) is 0. The Morgan fingerprint density at radius 3 is 2.59 bits per heavy atom. The molecule has 0 amide bonds. The number of carbonyl (C=O) groups excluding carboxylic acids is 1. The summed E-state index contributed by atoms with van der Waals surface area (Å²) in [5.74, 6) is -0.666. The van der Waals surface area contributed by atoms with E-state index < -0.39 is 5.82 Å². The van der Waals surface area contributed by atoms with Crippen LogP contribution in [-0.2, 0) is 6.54 Å². The summed E-state index contributed by atoms with van der Waals surface area (Å²) in [7, 11) is 0. The van der Waals surface area contributed by atoms with Crippen molar-refractivity contribution in [2.24, 2.45) is 0 Å². The van der Waals surface area contributed by atoms with Gasteiger partial charge in [0, 0.05) is 17.8 Å². The maximum atomic E-state index is 12.7. The van der Waals surface area contributed by atoms with E-state index in [4.69, 9.17) is 0 Å². The number of halogens is 1. The third-order valence-electron chi connectivity index (χ3n) is 2.27. The van der Waals surface area contributed by atoms with Crippen molar-refractivity contribution in [2.75, 3.05) is 0 Å². The van der Waals surface area contributed by atoms with Gasteiger partial charge in [-0.15, -0.1) is 0 Å². The van der Waals surface area contributed by atoms with Crippen LogP contribution in [0.4, 0.5) is 4.39 Å². The number of carbonyl (C=O) groups is 1. The minimum atomic E-state index is -0.403. The van der Waals surface area contributed by atoms with Gasteiger partial charge in [-0.1, -0.05) is 0 Å². The lowest BCUT2D eigenvalue weighted by molar-refractivity contribution is 0.0970. The van der Waals surface area contributed by atoms with Crippen LogP contribution in [0.25, 0.3) is 0 Å². The molecule has 86 valence electrons. The molecule has 1 aromatic heterocycles. The van der Waals surface area contributed by atoms with Crippen LogP contribution in [-0.4, -0.2) is 15.3 Å². The zero-order valence-corrected chi connectivity index (χ0v) is 8.84. The standard InChI is InChI=1S/C12H9FN2O2/c13-10-3-1-9(2-4-10)11(16)7-15-8-14-6-5-12(15)17/h1-6,8H,7H2. The Bertz CT molecular complexity index is 590. The maximum Gasteiger partial charge on any atom is 0.253 e. The van der Waals surface area contributed by atoms with Crippen LogP contribution in [0.2, 0.25) is 0 Å². The Hall–Kier alpha value is -2.30. The molecule has 0 aliphatic rings. The first kappa shape index (κ1) is 11.2. The third-order valence-corrected chi connectivity index (χ3v) is 2.27. The van der Waals surface area contributed by atoms with Crippen molar-refractivity contribution in [3.05, 3.63) is 64.6 Å². The van der Waals surface area contributed by atoms with Gasteiger partial charge < -0.3 is 0 Å². The summed E-state index contributed by atoms with van der Waals surface area (Å²) in [4.78, 5) is 26.9.